The van der Waals surface area contributed by atoms with Gasteiger partial charge in [0.05, 0.1) is 15.6 Å². The van der Waals surface area contributed by atoms with Crippen molar-refractivity contribution >= 4 is 46.0 Å². The normalized spacial score (nSPS) is 10.9. The molecule has 0 aliphatic rings. The second-order valence-electron chi connectivity index (χ2n) is 5.90. The molecule has 2 aromatic heterocycles. The predicted molar refractivity (Wildman–Crippen MR) is 106 cm³/mol. The Balaban J connectivity index is 1.60. The van der Waals surface area contributed by atoms with Crippen LogP contribution in [0.4, 0.5) is 5.82 Å². The highest BCUT2D eigenvalue weighted by molar-refractivity contribution is 6.34. The molecule has 0 saturated carbocycles. The Morgan fingerprint density at radius 1 is 1.07 bits per heavy atom. The molecule has 0 aliphatic carbocycles. The quantitative estimate of drug-likeness (QED) is 0.477. The molecule has 5 nitrogen and oxygen atoms in total. The van der Waals surface area contributed by atoms with E-state index >= 15 is 0 Å². The standard InChI is InChI=1S/C20H13Cl2N3O2/c1-11-24-17-9-16(22)14(8-18(17)27-11)12-6-7-19(23-10-12)25-20(26)13-4-2-3-5-15(13)21/h2-10H,1H3,(H,23,25,26). The molecule has 7 heteroatoms. The third kappa shape index (κ3) is 3.52. The van der Waals surface area contributed by atoms with Crippen LogP contribution in [0.5, 0.6) is 0 Å². The number of anilines is 1. The number of halogens is 2. The minimum absolute atomic E-state index is 0.322. The van der Waals surface area contributed by atoms with Crippen LogP contribution in [-0.2, 0) is 0 Å². The van der Waals surface area contributed by atoms with E-state index in [-0.39, 0.29) is 5.91 Å². The minimum Gasteiger partial charge on any atom is -0.441 e. The predicted octanol–water partition coefficient (Wildman–Crippen LogP) is 5.76. The highest BCUT2D eigenvalue weighted by Crippen LogP contribution is 2.32. The van der Waals surface area contributed by atoms with E-state index in [1.54, 1.807) is 49.5 Å². The number of hydrogen-bond donors (Lipinski definition) is 1. The lowest BCUT2D eigenvalue weighted by molar-refractivity contribution is 0.102. The molecular formula is C20H13Cl2N3O2. The van der Waals surface area contributed by atoms with Crippen LogP contribution < -0.4 is 5.32 Å². The Morgan fingerprint density at radius 2 is 1.89 bits per heavy atom. The number of benzene rings is 2. The summed E-state index contributed by atoms with van der Waals surface area (Å²) in [5.74, 6) is 0.669. The van der Waals surface area contributed by atoms with Gasteiger partial charge in [0.25, 0.3) is 5.91 Å². The van der Waals surface area contributed by atoms with Gasteiger partial charge in [-0.05, 0) is 36.4 Å². The molecule has 0 unspecified atom stereocenters. The lowest BCUT2D eigenvalue weighted by atomic mass is 10.1. The number of hydrogen-bond acceptors (Lipinski definition) is 4. The van der Waals surface area contributed by atoms with Gasteiger partial charge in [-0.1, -0.05) is 35.3 Å². The number of nitrogens with one attached hydrogen (secondary N) is 1. The number of carbonyl (C=O) groups is 1. The first-order chi connectivity index (χ1) is 13.0. The Labute approximate surface area is 165 Å². The Kier molecular flexibility index (Phi) is 4.56. The van der Waals surface area contributed by atoms with Crippen molar-refractivity contribution in [2.45, 2.75) is 6.92 Å². The monoisotopic (exact) mass is 397 g/mol. The topological polar surface area (TPSA) is 68.0 Å². The van der Waals surface area contributed by atoms with Crippen LogP contribution in [-0.4, -0.2) is 15.9 Å². The van der Waals surface area contributed by atoms with E-state index < -0.39 is 0 Å². The summed E-state index contributed by atoms with van der Waals surface area (Å²) in [6, 6.07) is 14.0. The molecule has 27 heavy (non-hydrogen) atoms. The fraction of sp³-hybridized carbons (Fsp3) is 0.0500. The van der Waals surface area contributed by atoms with Crippen LogP contribution in [0.2, 0.25) is 10.0 Å². The Morgan fingerprint density at radius 3 is 2.63 bits per heavy atom. The SMILES string of the molecule is Cc1nc2cc(Cl)c(-c3ccc(NC(=O)c4ccccc4Cl)nc3)cc2o1. The van der Waals surface area contributed by atoms with Crippen molar-refractivity contribution in [3.8, 4) is 11.1 Å². The molecule has 0 fully saturated rings. The fourth-order valence-electron chi connectivity index (χ4n) is 2.74. The van der Waals surface area contributed by atoms with E-state index in [9.17, 15) is 4.79 Å². The summed E-state index contributed by atoms with van der Waals surface area (Å²) in [4.78, 5) is 20.9. The van der Waals surface area contributed by atoms with E-state index in [1.165, 1.54) is 0 Å². The number of fused-ring (bicyclic) bond motifs is 1. The van der Waals surface area contributed by atoms with Crippen LogP contribution in [0.25, 0.3) is 22.2 Å². The highest BCUT2D eigenvalue weighted by atomic mass is 35.5. The molecule has 4 aromatic rings. The number of aryl methyl sites for hydroxylation is 1. The lowest BCUT2D eigenvalue weighted by Gasteiger charge is -2.08. The molecule has 0 spiro atoms. The second kappa shape index (κ2) is 7.02. The van der Waals surface area contributed by atoms with Gasteiger partial charge in [-0.2, -0.15) is 0 Å². The van der Waals surface area contributed by atoms with E-state index in [2.05, 4.69) is 15.3 Å². The van der Waals surface area contributed by atoms with Crippen LogP contribution in [0.3, 0.4) is 0 Å². The largest absolute Gasteiger partial charge is 0.441 e. The zero-order valence-electron chi connectivity index (χ0n) is 14.2. The second-order valence-corrected chi connectivity index (χ2v) is 6.71. The van der Waals surface area contributed by atoms with E-state index in [0.29, 0.717) is 38.4 Å². The van der Waals surface area contributed by atoms with Gasteiger partial charge in [0, 0.05) is 24.2 Å². The van der Waals surface area contributed by atoms with Crippen molar-refractivity contribution in [3.05, 3.63) is 76.2 Å². The van der Waals surface area contributed by atoms with Gasteiger partial charge in [0.2, 0.25) is 0 Å². The maximum Gasteiger partial charge on any atom is 0.258 e. The van der Waals surface area contributed by atoms with Crippen LogP contribution in [0.1, 0.15) is 16.2 Å². The number of aromatic nitrogens is 2. The van der Waals surface area contributed by atoms with Gasteiger partial charge in [0.15, 0.2) is 11.5 Å². The van der Waals surface area contributed by atoms with Crippen LogP contribution >= 0.6 is 23.2 Å². The number of carbonyl (C=O) groups excluding carboxylic acids is 1. The molecule has 2 heterocycles. The summed E-state index contributed by atoms with van der Waals surface area (Å²) in [5.41, 5.74) is 3.32. The Hall–Kier alpha value is -2.89. The Bertz CT molecular complexity index is 1150. The van der Waals surface area contributed by atoms with Crippen molar-refractivity contribution < 1.29 is 9.21 Å². The first kappa shape index (κ1) is 17.5. The van der Waals surface area contributed by atoms with Crippen molar-refractivity contribution in [3.63, 3.8) is 0 Å². The molecule has 4 rings (SSSR count). The third-order valence-electron chi connectivity index (χ3n) is 4.02. The van der Waals surface area contributed by atoms with Gasteiger partial charge in [-0.25, -0.2) is 9.97 Å². The van der Waals surface area contributed by atoms with E-state index in [0.717, 1.165) is 11.1 Å². The van der Waals surface area contributed by atoms with Gasteiger partial charge in [-0.3, -0.25) is 4.79 Å². The molecule has 0 radical (unpaired) electrons. The molecule has 2 aromatic carbocycles. The average molecular weight is 398 g/mol. The molecule has 0 saturated heterocycles. The molecule has 0 bridgehead atoms. The molecule has 134 valence electrons. The van der Waals surface area contributed by atoms with Crippen molar-refractivity contribution in [2.24, 2.45) is 0 Å². The maximum atomic E-state index is 12.3. The number of oxazole rings is 1. The van der Waals surface area contributed by atoms with Gasteiger partial charge in [0.1, 0.15) is 11.3 Å². The smallest absolute Gasteiger partial charge is 0.258 e. The summed E-state index contributed by atoms with van der Waals surface area (Å²) < 4.78 is 5.56. The summed E-state index contributed by atoms with van der Waals surface area (Å²) >= 11 is 12.4. The molecule has 0 atom stereocenters. The van der Waals surface area contributed by atoms with E-state index in [4.69, 9.17) is 27.6 Å². The maximum absolute atomic E-state index is 12.3. The summed E-state index contributed by atoms with van der Waals surface area (Å²) in [6.07, 6.45) is 1.64. The highest BCUT2D eigenvalue weighted by Gasteiger charge is 2.12. The number of amides is 1. The molecule has 0 aliphatic heterocycles. The zero-order chi connectivity index (χ0) is 19.0. The molecule has 1 N–H and O–H groups in total. The van der Waals surface area contributed by atoms with Gasteiger partial charge in [-0.15, -0.1) is 0 Å². The van der Waals surface area contributed by atoms with Crippen molar-refractivity contribution in [1.29, 1.82) is 0 Å². The number of nitrogens with zero attached hydrogens (tertiary/aromatic N) is 2. The number of rotatable bonds is 3. The van der Waals surface area contributed by atoms with Crippen molar-refractivity contribution in [1.82, 2.24) is 9.97 Å². The number of pyridine rings is 1. The first-order valence-electron chi connectivity index (χ1n) is 8.10. The summed E-state index contributed by atoms with van der Waals surface area (Å²) in [7, 11) is 0. The van der Waals surface area contributed by atoms with Crippen molar-refractivity contribution in [2.75, 3.05) is 5.32 Å². The lowest BCUT2D eigenvalue weighted by Crippen LogP contribution is -2.13. The van der Waals surface area contributed by atoms with E-state index in [1.807, 2.05) is 12.1 Å². The van der Waals surface area contributed by atoms with Crippen LogP contribution in [0.15, 0.2) is 59.1 Å². The van der Waals surface area contributed by atoms with Gasteiger partial charge >= 0.3 is 0 Å². The third-order valence-corrected chi connectivity index (χ3v) is 4.66. The average Bonchev–Trinajstić information content (AvgIpc) is 3.01. The van der Waals surface area contributed by atoms with Gasteiger partial charge < -0.3 is 9.73 Å². The fourth-order valence-corrected chi connectivity index (χ4v) is 3.23. The first-order valence-corrected chi connectivity index (χ1v) is 8.86. The molecular weight excluding hydrogens is 385 g/mol. The van der Waals surface area contributed by atoms with Crippen LogP contribution in [0, 0.1) is 6.92 Å². The summed E-state index contributed by atoms with van der Waals surface area (Å²) in [5, 5.41) is 3.66. The molecule has 1 amide bonds. The minimum atomic E-state index is -0.322. The zero-order valence-corrected chi connectivity index (χ0v) is 15.7. The summed E-state index contributed by atoms with van der Waals surface area (Å²) in [6.45, 7) is 1.78.